The topological polar surface area (TPSA) is 17.1 Å². The van der Waals surface area contributed by atoms with Crippen LogP contribution in [-0.4, -0.2) is 5.24 Å². The van der Waals surface area contributed by atoms with E-state index >= 15 is 0 Å². The Morgan fingerprint density at radius 2 is 1.62 bits per heavy atom. The number of hydrogen-bond donors (Lipinski definition) is 0. The predicted molar refractivity (Wildman–Crippen MR) is 67.0 cm³/mol. The molecule has 1 nitrogen and oxygen atoms in total. The van der Waals surface area contributed by atoms with Crippen molar-refractivity contribution < 1.29 is 4.79 Å². The fourth-order valence-corrected chi connectivity index (χ4v) is 2.73. The first-order valence-electron chi connectivity index (χ1n) is 5.61. The molecule has 16 heavy (non-hydrogen) atoms. The normalized spacial score (nSPS) is 25.4. The SMILES string of the molecule is O=C(Cl)[C@H]1CC[C@H](c2ccc(Cl)cc2)CC1. The molecule has 1 aliphatic rings. The molecule has 1 fully saturated rings. The minimum absolute atomic E-state index is 0.0743. The summed E-state index contributed by atoms with van der Waals surface area (Å²) in [5.41, 5.74) is 1.32. The van der Waals surface area contributed by atoms with Gasteiger partial charge >= 0.3 is 0 Å². The van der Waals surface area contributed by atoms with E-state index in [1.165, 1.54) is 5.56 Å². The third-order valence-electron chi connectivity index (χ3n) is 3.39. The Bertz CT molecular complexity index is 364. The molecule has 1 aliphatic carbocycles. The molecule has 2 rings (SSSR count). The lowest BCUT2D eigenvalue weighted by Crippen LogP contribution is -2.17. The third kappa shape index (κ3) is 2.78. The highest BCUT2D eigenvalue weighted by Gasteiger charge is 2.25. The van der Waals surface area contributed by atoms with Gasteiger partial charge in [-0.3, -0.25) is 4.79 Å². The van der Waals surface area contributed by atoms with Crippen molar-refractivity contribution in [1.29, 1.82) is 0 Å². The maximum atomic E-state index is 11.0. The largest absolute Gasteiger partial charge is 0.281 e. The lowest BCUT2D eigenvalue weighted by molar-refractivity contribution is -0.116. The van der Waals surface area contributed by atoms with E-state index in [0.29, 0.717) is 5.92 Å². The van der Waals surface area contributed by atoms with Crippen molar-refractivity contribution in [2.75, 3.05) is 0 Å². The highest BCUT2D eigenvalue weighted by molar-refractivity contribution is 6.63. The standard InChI is InChI=1S/C13H14Cl2O/c14-12-7-5-10(6-8-12)9-1-3-11(4-2-9)13(15)16/h5-9,11H,1-4H2/t9-,11-. The second-order valence-electron chi connectivity index (χ2n) is 4.40. The van der Waals surface area contributed by atoms with Gasteiger partial charge in [0, 0.05) is 10.9 Å². The summed E-state index contributed by atoms with van der Waals surface area (Å²) in [4.78, 5) is 11.0. The van der Waals surface area contributed by atoms with Crippen LogP contribution in [0.15, 0.2) is 24.3 Å². The van der Waals surface area contributed by atoms with Crippen molar-refractivity contribution in [1.82, 2.24) is 0 Å². The van der Waals surface area contributed by atoms with Crippen molar-refractivity contribution in [2.45, 2.75) is 31.6 Å². The van der Waals surface area contributed by atoms with Crippen LogP contribution in [0.5, 0.6) is 0 Å². The van der Waals surface area contributed by atoms with Gasteiger partial charge in [-0.25, -0.2) is 0 Å². The van der Waals surface area contributed by atoms with E-state index in [2.05, 4.69) is 12.1 Å². The number of halogens is 2. The zero-order valence-electron chi connectivity index (χ0n) is 8.96. The number of rotatable bonds is 2. The van der Waals surface area contributed by atoms with Crippen LogP contribution >= 0.6 is 23.2 Å². The summed E-state index contributed by atoms with van der Waals surface area (Å²) in [5.74, 6) is 0.634. The second kappa shape index (κ2) is 5.20. The molecule has 0 aliphatic heterocycles. The minimum Gasteiger partial charge on any atom is -0.281 e. The van der Waals surface area contributed by atoms with Gasteiger partial charge in [-0.15, -0.1) is 0 Å². The van der Waals surface area contributed by atoms with Gasteiger partial charge in [-0.1, -0.05) is 23.7 Å². The average molecular weight is 257 g/mol. The maximum absolute atomic E-state index is 11.0. The molecule has 0 unspecified atom stereocenters. The van der Waals surface area contributed by atoms with E-state index in [1.807, 2.05) is 12.1 Å². The summed E-state index contributed by atoms with van der Waals surface area (Å²) in [7, 11) is 0. The first kappa shape index (κ1) is 11.9. The summed E-state index contributed by atoms with van der Waals surface area (Å²) in [6, 6.07) is 8.01. The van der Waals surface area contributed by atoms with E-state index in [4.69, 9.17) is 23.2 Å². The molecule has 0 radical (unpaired) electrons. The van der Waals surface area contributed by atoms with Crippen LogP contribution in [-0.2, 0) is 4.79 Å². The first-order valence-corrected chi connectivity index (χ1v) is 6.37. The van der Waals surface area contributed by atoms with E-state index < -0.39 is 0 Å². The number of carbonyl (C=O) groups excluding carboxylic acids is 1. The van der Waals surface area contributed by atoms with E-state index in [0.717, 1.165) is 30.7 Å². The molecule has 0 saturated heterocycles. The van der Waals surface area contributed by atoms with Gasteiger partial charge in [0.1, 0.15) is 0 Å². The molecule has 1 aromatic rings. The van der Waals surface area contributed by atoms with Crippen LogP contribution in [0.3, 0.4) is 0 Å². The third-order valence-corrected chi connectivity index (χ3v) is 3.95. The van der Waals surface area contributed by atoms with Crippen molar-refractivity contribution in [3.63, 3.8) is 0 Å². The summed E-state index contributed by atoms with van der Waals surface area (Å²) in [5, 5.41) is 0.600. The Balaban J connectivity index is 1.99. The quantitative estimate of drug-likeness (QED) is 0.718. The van der Waals surface area contributed by atoms with E-state index in [1.54, 1.807) is 0 Å². The van der Waals surface area contributed by atoms with Crippen LogP contribution in [0.1, 0.15) is 37.2 Å². The lowest BCUT2D eigenvalue weighted by atomic mass is 9.79. The molecular weight excluding hydrogens is 243 g/mol. The van der Waals surface area contributed by atoms with Crippen molar-refractivity contribution >= 4 is 28.4 Å². The Kier molecular flexibility index (Phi) is 3.88. The monoisotopic (exact) mass is 256 g/mol. The molecule has 1 aromatic carbocycles. The molecule has 0 bridgehead atoms. The number of hydrogen-bond acceptors (Lipinski definition) is 1. The molecule has 0 aromatic heterocycles. The van der Waals surface area contributed by atoms with Crippen LogP contribution in [0.4, 0.5) is 0 Å². The molecule has 3 heteroatoms. The maximum Gasteiger partial charge on any atom is 0.224 e. The molecule has 0 amide bonds. The van der Waals surface area contributed by atoms with E-state index in [9.17, 15) is 4.79 Å². The molecular formula is C13H14Cl2O. The molecule has 86 valence electrons. The van der Waals surface area contributed by atoms with Gasteiger partial charge in [0.15, 0.2) is 0 Å². The molecule has 0 heterocycles. The Morgan fingerprint density at radius 3 is 2.12 bits per heavy atom. The molecule has 1 saturated carbocycles. The smallest absolute Gasteiger partial charge is 0.224 e. The second-order valence-corrected chi connectivity index (χ2v) is 5.21. The van der Waals surface area contributed by atoms with Crippen molar-refractivity contribution in [3.05, 3.63) is 34.9 Å². The van der Waals surface area contributed by atoms with Crippen LogP contribution in [0.2, 0.25) is 5.02 Å². The summed E-state index contributed by atoms with van der Waals surface area (Å²) in [6.07, 6.45) is 3.92. The van der Waals surface area contributed by atoms with Gasteiger partial charge in [-0.2, -0.15) is 0 Å². The van der Waals surface area contributed by atoms with Gasteiger partial charge in [0.25, 0.3) is 0 Å². The Labute approximate surface area is 106 Å². The zero-order valence-corrected chi connectivity index (χ0v) is 10.5. The van der Waals surface area contributed by atoms with Crippen LogP contribution in [0, 0.1) is 5.92 Å². The minimum atomic E-state index is -0.172. The van der Waals surface area contributed by atoms with Gasteiger partial charge in [-0.05, 0) is 60.9 Å². The number of benzene rings is 1. The Hall–Kier alpha value is -0.530. The predicted octanol–water partition coefficient (Wildman–Crippen LogP) is 4.38. The molecule has 0 spiro atoms. The van der Waals surface area contributed by atoms with Crippen molar-refractivity contribution in [3.8, 4) is 0 Å². The molecule has 0 N–H and O–H groups in total. The molecule has 0 atom stereocenters. The summed E-state index contributed by atoms with van der Waals surface area (Å²) < 4.78 is 0. The highest BCUT2D eigenvalue weighted by Crippen LogP contribution is 2.36. The highest BCUT2D eigenvalue weighted by atomic mass is 35.5. The fraction of sp³-hybridized carbons (Fsp3) is 0.462. The summed E-state index contributed by atoms with van der Waals surface area (Å²) >= 11 is 11.4. The van der Waals surface area contributed by atoms with Gasteiger partial charge < -0.3 is 0 Å². The number of carbonyl (C=O) groups is 1. The van der Waals surface area contributed by atoms with Gasteiger partial charge in [0.05, 0.1) is 0 Å². The zero-order chi connectivity index (χ0) is 11.5. The van der Waals surface area contributed by atoms with Crippen molar-refractivity contribution in [2.24, 2.45) is 5.92 Å². The van der Waals surface area contributed by atoms with Crippen LogP contribution < -0.4 is 0 Å². The average Bonchev–Trinajstić information content (AvgIpc) is 2.30. The summed E-state index contributed by atoms with van der Waals surface area (Å²) in [6.45, 7) is 0. The lowest BCUT2D eigenvalue weighted by Gasteiger charge is -2.26. The first-order chi connectivity index (χ1) is 7.66. The van der Waals surface area contributed by atoms with E-state index in [-0.39, 0.29) is 11.2 Å². The fourth-order valence-electron chi connectivity index (χ4n) is 2.39. The Morgan fingerprint density at radius 1 is 1.06 bits per heavy atom. The van der Waals surface area contributed by atoms with Crippen LogP contribution in [0.25, 0.3) is 0 Å². The van der Waals surface area contributed by atoms with Gasteiger partial charge in [0.2, 0.25) is 5.24 Å².